The van der Waals surface area contributed by atoms with Crippen LogP contribution in [-0.2, 0) is 14.4 Å². The Morgan fingerprint density at radius 2 is 0.682 bits per heavy atom. The summed E-state index contributed by atoms with van der Waals surface area (Å²) in [5.41, 5.74) is 0. The zero-order valence-corrected chi connectivity index (χ0v) is 28.6. The highest BCUT2D eigenvalue weighted by Gasteiger charge is 2.26. The van der Waals surface area contributed by atoms with Crippen LogP contribution in [0.1, 0.15) is 180 Å². The van der Waals surface area contributed by atoms with Gasteiger partial charge < -0.3 is 19.8 Å². The minimum atomic E-state index is -0.765. The van der Waals surface area contributed by atoms with E-state index in [0.29, 0.717) is 19.3 Å². The quantitative estimate of drug-likeness (QED) is 0.0367. The lowest BCUT2D eigenvalue weighted by Gasteiger charge is -2.39. The highest BCUT2D eigenvalue weighted by Crippen LogP contribution is 2.20. The monoisotopic (exact) mass is 625 g/mol. The lowest BCUT2D eigenvalue weighted by Crippen LogP contribution is -2.51. The van der Waals surface area contributed by atoms with Crippen LogP contribution in [0.5, 0.6) is 0 Å². The fourth-order valence-electron chi connectivity index (χ4n) is 6.25. The van der Waals surface area contributed by atoms with Crippen molar-refractivity contribution in [3.63, 3.8) is 0 Å². The molecule has 0 saturated heterocycles. The highest BCUT2D eigenvalue weighted by atomic mass is 16.4. The number of carboxylic acid groups (broad SMARTS) is 3. The standard InChI is InChI=1S/C37H69NO6/c1-2-3-4-5-6-7-8-9-10-11-12-13-14-15-16-17-18-19-20-24-31-38(32-25-21-28-35(39)40,33-26-22-29-36(41)42)34-27-23-30-37(43)44/h4-5H,2-3,6-34H2,1H3,(H2-,39,40,41,42,43,44)/p+1/b5-4+. The molecule has 0 saturated carbocycles. The van der Waals surface area contributed by atoms with Gasteiger partial charge in [-0.25, -0.2) is 0 Å². The number of nitrogens with zero attached hydrogens (tertiary/aromatic N) is 1. The predicted molar refractivity (Wildman–Crippen MR) is 182 cm³/mol. The molecule has 0 amide bonds. The van der Waals surface area contributed by atoms with Crippen LogP contribution in [0, 0.1) is 0 Å². The van der Waals surface area contributed by atoms with Gasteiger partial charge in [0.05, 0.1) is 26.2 Å². The molecule has 0 aromatic carbocycles. The molecule has 0 rings (SSSR count). The largest absolute Gasteiger partial charge is 0.481 e. The first-order valence-electron chi connectivity index (χ1n) is 18.5. The second-order valence-corrected chi connectivity index (χ2v) is 13.1. The number of quaternary nitrogens is 1. The maximum absolute atomic E-state index is 11.0. The second kappa shape index (κ2) is 31.1. The topological polar surface area (TPSA) is 112 Å². The molecule has 0 bridgehead atoms. The van der Waals surface area contributed by atoms with E-state index in [-0.39, 0.29) is 19.3 Å². The molecule has 0 heterocycles. The van der Waals surface area contributed by atoms with Crippen molar-refractivity contribution in [2.24, 2.45) is 0 Å². The van der Waals surface area contributed by atoms with Gasteiger partial charge in [-0.2, -0.15) is 0 Å². The van der Waals surface area contributed by atoms with Gasteiger partial charge in [0.25, 0.3) is 0 Å². The Balaban J connectivity index is 4.22. The average molecular weight is 625 g/mol. The van der Waals surface area contributed by atoms with Crippen LogP contribution in [0.15, 0.2) is 12.2 Å². The summed E-state index contributed by atoms with van der Waals surface area (Å²) in [6.07, 6.45) is 33.3. The number of carbonyl (C=O) groups is 3. The molecule has 0 radical (unpaired) electrons. The molecule has 7 heteroatoms. The molecule has 0 unspecified atom stereocenters. The number of carboxylic acids is 3. The van der Waals surface area contributed by atoms with E-state index >= 15 is 0 Å². The van der Waals surface area contributed by atoms with Crippen molar-refractivity contribution in [2.75, 3.05) is 26.2 Å². The lowest BCUT2D eigenvalue weighted by atomic mass is 10.0. The molecular weight excluding hydrogens is 554 g/mol. The molecule has 3 N–H and O–H groups in total. The summed E-state index contributed by atoms with van der Waals surface area (Å²) in [5, 5.41) is 27.2. The average Bonchev–Trinajstić information content (AvgIpc) is 2.98. The van der Waals surface area contributed by atoms with E-state index in [0.717, 1.165) is 56.3 Å². The number of aliphatic carboxylic acids is 3. The summed E-state index contributed by atoms with van der Waals surface area (Å²) in [6, 6.07) is 0. The van der Waals surface area contributed by atoms with Crippen LogP contribution in [0.2, 0.25) is 0 Å². The molecule has 7 nitrogen and oxygen atoms in total. The second-order valence-electron chi connectivity index (χ2n) is 13.1. The van der Waals surface area contributed by atoms with Crippen LogP contribution in [-0.4, -0.2) is 63.9 Å². The maximum atomic E-state index is 11.0. The van der Waals surface area contributed by atoms with E-state index in [1.54, 1.807) is 0 Å². The summed E-state index contributed by atoms with van der Waals surface area (Å²) in [6.45, 7) is 5.92. The lowest BCUT2D eigenvalue weighted by molar-refractivity contribution is -0.929. The maximum Gasteiger partial charge on any atom is 0.303 e. The summed E-state index contributed by atoms with van der Waals surface area (Å²) in [7, 11) is 0. The van der Waals surface area contributed by atoms with E-state index in [9.17, 15) is 14.4 Å². The Bertz CT molecular complexity index is 668. The SMILES string of the molecule is CCC/C=C/CCCCCCCCCCCCCCCCC[N+](CCCCC(=O)O)(CCCCC(=O)O)CCCCC(=O)O. The van der Waals surface area contributed by atoms with Gasteiger partial charge >= 0.3 is 17.9 Å². The van der Waals surface area contributed by atoms with Crippen LogP contribution >= 0.6 is 0 Å². The van der Waals surface area contributed by atoms with Crippen molar-refractivity contribution >= 4 is 17.9 Å². The third-order valence-electron chi connectivity index (χ3n) is 8.94. The van der Waals surface area contributed by atoms with Crippen LogP contribution < -0.4 is 0 Å². The molecule has 258 valence electrons. The third-order valence-corrected chi connectivity index (χ3v) is 8.94. The Labute approximate surface area is 270 Å². The molecule has 0 atom stereocenters. The summed E-state index contributed by atoms with van der Waals surface area (Å²) < 4.78 is 0.870. The van der Waals surface area contributed by atoms with E-state index in [1.165, 1.54) is 109 Å². The fourth-order valence-corrected chi connectivity index (χ4v) is 6.25. The summed E-state index contributed by atoms with van der Waals surface area (Å²) >= 11 is 0. The Kier molecular flexibility index (Phi) is 29.8. The van der Waals surface area contributed by atoms with Gasteiger partial charge in [-0.3, -0.25) is 14.4 Å². The van der Waals surface area contributed by atoms with E-state index in [2.05, 4.69) is 19.1 Å². The van der Waals surface area contributed by atoms with Gasteiger partial charge in [-0.05, 0) is 70.6 Å². The van der Waals surface area contributed by atoms with Crippen LogP contribution in [0.3, 0.4) is 0 Å². The molecule has 0 aromatic heterocycles. The molecular formula is C37H70NO6+. The molecule has 0 fully saturated rings. The zero-order chi connectivity index (χ0) is 32.6. The minimum Gasteiger partial charge on any atom is -0.481 e. The smallest absolute Gasteiger partial charge is 0.303 e. The van der Waals surface area contributed by atoms with Crippen molar-refractivity contribution in [3.8, 4) is 0 Å². The normalized spacial score (nSPS) is 11.8. The Hall–Kier alpha value is -1.89. The molecule has 0 aliphatic heterocycles. The molecule has 44 heavy (non-hydrogen) atoms. The zero-order valence-electron chi connectivity index (χ0n) is 28.6. The predicted octanol–water partition coefficient (Wildman–Crippen LogP) is 10.2. The molecule has 0 aliphatic rings. The van der Waals surface area contributed by atoms with Gasteiger partial charge in [0, 0.05) is 19.3 Å². The molecule has 0 aromatic rings. The third kappa shape index (κ3) is 30.1. The van der Waals surface area contributed by atoms with Gasteiger partial charge in [-0.1, -0.05) is 103 Å². The van der Waals surface area contributed by atoms with E-state index in [4.69, 9.17) is 15.3 Å². The number of rotatable bonds is 35. The van der Waals surface area contributed by atoms with Crippen molar-refractivity contribution in [2.45, 2.75) is 180 Å². The van der Waals surface area contributed by atoms with Crippen molar-refractivity contribution in [3.05, 3.63) is 12.2 Å². The first kappa shape index (κ1) is 42.1. The van der Waals surface area contributed by atoms with Gasteiger partial charge in [0.2, 0.25) is 0 Å². The Morgan fingerprint density at radius 1 is 0.409 bits per heavy atom. The summed E-state index contributed by atoms with van der Waals surface area (Å²) in [5.74, 6) is -2.30. The highest BCUT2D eigenvalue weighted by molar-refractivity contribution is 5.67. The number of unbranched alkanes of at least 4 members (excludes halogenated alkanes) is 19. The first-order chi connectivity index (χ1) is 21.3. The minimum absolute atomic E-state index is 0.176. The van der Waals surface area contributed by atoms with Crippen LogP contribution in [0.25, 0.3) is 0 Å². The number of hydrogen-bond donors (Lipinski definition) is 3. The molecule has 0 aliphatic carbocycles. The van der Waals surface area contributed by atoms with E-state index < -0.39 is 17.9 Å². The van der Waals surface area contributed by atoms with Crippen molar-refractivity contribution < 1.29 is 34.2 Å². The van der Waals surface area contributed by atoms with E-state index in [1.807, 2.05) is 0 Å². The first-order valence-corrected chi connectivity index (χ1v) is 18.5. The Morgan fingerprint density at radius 3 is 1.00 bits per heavy atom. The molecule has 0 spiro atoms. The van der Waals surface area contributed by atoms with Gasteiger partial charge in [-0.15, -0.1) is 0 Å². The summed E-state index contributed by atoms with van der Waals surface area (Å²) in [4.78, 5) is 33.1. The number of hydrogen-bond acceptors (Lipinski definition) is 3. The van der Waals surface area contributed by atoms with Crippen molar-refractivity contribution in [1.82, 2.24) is 0 Å². The van der Waals surface area contributed by atoms with Crippen molar-refractivity contribution in [1.29, 1.82) is 0 Å². The van der Waals surface area contributed by atoms with Gasteiger partial charge in [0.1, 0.15) is 0 Å². The fraction of sp³-hybridized carbons (Fsp3) is 0.865. The van der Waals surface area contributed by atoms with Crippen LogP contribution in [0.4, 0.5) is 0 Å². The number of allylic oxidation sites excluding steroid dienone is 2. The van der Waals surface area contributed by atoms with Gasteiger partial charge in [0.15, 0.2) is 0 Å².